The van der Waals surface area contributed by atoms with E-state index in [1.54, 1.807) is 0 Å². The fourth-order valence-electron chi connectivity index (χ4n) is 1.14. The molecule has 2 heterocycles. The topological polar surface area (TPSA) is 86.2 Å². The number of ether oxygens (including phenoxy) is 1. The number of rotatable bonds is 3. The summed E-state index contributed by atoms with van der Waals surface area (Å²) in [6, 6.07) is 0. The fraction of sp³-hybridized carbons (Fsp3) is 0.714. The summed E-state index contributed by atoms with van der Waals surface area (Å²) in [6.07, 6.45) is 0. The first-order chi connectivity index (χ1) is 6.18. The van der Waals surface area contributed by atoms with E-state index >= 15 is 0 Å². The summed E-state index contributed by atoms with van der Waals surface area (Å²) in [5.41, 5.74) is 5.19. The lowest BCUT2D eigenvalue weighted by Gasteiger charge is -2.38. The van der Waals surface area contributed by atoms with Crippen LogP contribution in [0, 0.1) is 0 Å². The van der Waals surface area contributed by atoms with Crippen molar-refractivity contribution in [1.82, 2.24) is 15.5 Å². The molecule has 0 spiro atoms. The third-order valence-corrected chi connectivity index (χ3v) is 2.03. The quantitative estimate of drug-likeness (QED) is 0.660. The van der Waals surface area contributed by atoms with Crippen LogP contribution in [0.1, 0.15) is 12.8 Å². The second-order valence-corrected chi connectivity index (χ2v) is 3.39. The van der Waals surface area contributed by atoms with Crippen molar-refractivity contribution < 1.29 is 9.26 Å². The minimum absolute atomic E-state index is 0.0940. The highest BCUT2D eigenvalue weighted by Crippen LogP contribution is 2.17. The Morgan fingerprint density at radius 2 is 2.46 bits per heavy atom. The van der Waals surface area contributed by atoms with Crippen LogP contribution in [0.15, 0.2) is 4.52 Å². The molecule has 2 rings (SSSR count). The van der Waals surface area contributed by atoms with Crippen LogP contribution in [0.3, 0.4) is 0 Å². The summed E-state index contributed by atoms with van der Waals surface area (Å²) in [5.74, 6) is 0.570. The van der Waals surface area contributed by atoms with Crippen LogP contribution in [-0.2, 0) is 11.3 Å². The highest BCUT2D eigenvalue weighted by molar-refractivity contribution is 5.10. The number of nitrogens with two attached hydrogens (primary N) is 1. The molecule has 0 unspecified atom stereocenters. The molecule has 6 heteroatoms. The Bertz CT molecular complexity index is 294. The second-order valence-electron chi connectivity index (χ2n) is 3.39. The van der Waals surface area contributed by atoms with Crippen LogP contribution in [0.2, 0.25) is 0 Å². The third kappa shape index (κ3) is 1.78. The Labute approximate surface area is 75.4 Å². The number of nitrogens with one attached hydrogen (secondary N) is 1. The smallest absolute Gasteiger partial charge is 0.260 e. The van der Waals surface area contributed by atoms with Crippen LogP contribution >= 0.6 is 0 Å². The zero-order valence-electron chi connectivity index (χ0n) is 7.41. The van der Waals surface area contributed by atoms with E-state index in [1.807, 2.05) is 6.92 Å². The van der Waals surface area contributed by atoms with Gasteiger partial charge in [0.2, 0.25) is 0 Å². The number of nitrogens with zero attached hydrogens (tertiary/aromatic N) is 2. The van der Waals surface area contributed by atoms with Crippen molar-refractivity contribution in [3.05, 3.63) is 5.89 Å². The molecule has 1 fully saturated rings. The lowest BCUT2D eigenvalue weighted by Crippen LogP contribution is -2.58. The Morgan fingerprint density at radius 3 is 2.92 bits per heavy atom. The molecule has 1 aliphatic rings. The molecule has 72 valence electrons. The van der Waals surface area contributed by atoms with Crippen LogP contribution in [0.4, 0.5) is 5.95 Å². The van der Waals surface area contributed by atoms with E-state index < -0.39 is 0 Å². The SMILES string of the molecule is CC1(OCc2nc(N)no2)CNC1. The molecule has 0 atom stereocenters. The minimum atomic E-state index is -0.0940. The van der Waals surface area contributed by atoms with E-state index in [1.165, 1.54) is 0 Å². The average Bonchev–Trinajstić information content (AvgIpc) is 2.44. The summed E-state index contributed by atoms with van der Waals surface area (Å²) in [6.45, 7) is 4.07. The molecule has 3 N–H and O–H groups in total. The molecule has 0 radical (unpaired) electrons. The second kappa shape index (κ2) is 2.97. The van der Waals surface area contributed by atoms with Crippen molar-refractivity contribution >= 4 is 5.95 Å². The highest BCUT2D eigenvalue weighted by Gasteiger charge is 2.32. The summed E-state index contributed by atoms with van der Waals surface area (Å²) in [7, 11) is 0. The van der Waals surface area contributed by atoms with Gasteiger partial charge in [0.25, 0.3) is 11.8 Å². The lowest BCUT2D eigenvalue weighted by atomic mass is 10.0. The van der Waals surface area contributed by atoms with E-state index in [0.717, 1.165) is 13.1 Å². The molecule has 1 saturated heterocycles. The van der Waals surface area contributed by atoms with Gasteiger partial charge in [-0.05, 0) is 12.1 Å². The maximum absolute atomic E-state index is 5.55. The van der Waals surface area contributed by atoms with Gasteiger partial charge >= 0.3 is 0 Å². The van der Waals surface area contributed by atoms with Crippen LogP contribution in [0.25, 0.3) is 0 Å². The van der Waals surface area contributed by atoms with Gasteiger partial charge in [0.05, 0.1) is 5.60 Å². The molecular weight excluding hydrogens is 172 g/mol. The van der Waals surface area contributed by atoms with Gasteiger partial charge in [0, 0.05) is 13.1 Å². The Kier molecular flexibility index (Phi) is 1.93. The van der Waals surface area contributed by atoms with Gasteiger partial charge in [-0.3, -0.25) is 0 Å². The van der Waals surface area contributed by atoms with Crippen molar-refractivity contribution in [2.45, 2.75) is 19.1 Å². The molecule has 0 aliphatic carbocycles. The summed E-state index contributed by atoms with van der Waals surface area (Å²) >= 11 is 0. The number of hydrogen-bond donors (Lipinski definition) is 2. The molecule has 1 aromatic rings. The number of hydrogen-bond acceptors (Lipinski definition) is 6. The summed E-state index contributed by atoms with van der Waals surface area (Å²) < 4.78 is 10.3. The van der Waals surface area contributed by atoms with E-state index in [2.05, 4.69) is 15.5 Å². The normalized spacial score (nSPS) is 19.8. The summed E-state index contributed by atoms with van der Waals surface area (Å²) in [5, 5.41) is 6.58. The van der Waals surface area contributed by atoms with Crippen molar-refractivity contribution in [3.8, 4) is 0 Å². The van der Waals surface area contributed by atoms with Crippen molar-refractivity contribution in [1.29, 1.82) is 0 Å². The number of aromatic nitrogens is 2. The summed E-state index contributed by atoms with van der Waals surface area (Å²) in [4.78, 5) is 3.83. The van der Waals surface area contributed by atoms with Crippen LogP contribution in [0.5, 0.6) is 0 Å². The minimum Gasteiger partial charge on any atom is -0.365 e. The van der Waals surface area contributed by atoms with Gasteiger partial charge in [-0.25, -0.2) is 0 Å². The van der Waals surface area contributed by atoms with Crippen molar-refractivity contribution in [2.24, 2.45) is 0 Å². The van der Waals surface area contributed by atoms with Gasteiger partial charge in [-0.15, -0.1) is 0 Å². The Balaban J connectivity index is 1.85. The number of anilines is 1. The van der Waals surface area contributed by atoms with Gasteiger partial charge in [0.1, 0.15) is 6.61 Å². The Hall–Kier alpha value is -1.14. The first kappa shape index (κ1) is 8.46. The maximum Gasteiger partial charge on any atom is 0.260 e. The molecule has 0 aromatic carbocycles. The lowest BCUT2D eigenvalue weighted by molar-refractivity contribution is -0.0841. The van der Waals surface area contributed by atoms with Gasteiger partial charge in [-0.2, -0.15) is 4.98 Å². The van der Waals surface area contributed by atoms with E-state index in [4.69, 9.17) is 15.0 Å². The van der Waals surface area contributed by atoms with Crippen molar-refractivity contribution in [2.75, 3.05) is 18.8 Å². The van der Waals surface area contributed by atoms with E-state index in [0.29, 0.717) is 12.5 Å². The molecule has 1 aliphatic heterocycles. The molecule has 0 amide bonds. The van der Waals surface area contributed by atoms with Crippen molar-refractivity contribution in [3.63, 3.8) is 0 Å². The maximum atomic E-state index is 5.55. The molecule has 13 heavy (non-hydrogen) atoms. The number of nitrogen functional groups attached to an aromatic ring is 1. The monoisotopic (exact) mass is 184 g/mol. The molecule has 1 aromatic heterocycles. The van der Waals surface area contributed by atoms with Crippen LogP contribution < -0.4 is 11.1 Å². The predicted molar refractivity (Wildman–Crippen MR) is 44.8 cm³/mol. The molecular formula is C7H12N4O2. The molecule has 0 bridgehead atoms. The predicted octanol–water partition coefficient (Wildman–Crippen LogP) is -0.470. The zero-order chi connectivity index (χ0) is 9.31. The molecule has 0 saturated carbocycles. The molecule has 6 nitrogen and oxygen atoms in total. The van der Waals surface area contributed by atoms with Crippen LogP contribution in [-0.4, -0.2) is 28.8 Å². The first-order valence-corrected chi connectivity index (χ1v) is 4.11. The van der Waals surface area contributed by atoms with Gasteiger partial charge < -0.3 is 20.3 Å². The van der Waals surface area contributed by atoms with E-state index in [-0.39, 0.29) is 11.5 Å². The average molecular weight is 184 g/mol. The fourth-order valence-corrected chi connectivity index (χ4v) is 1.14. The van der Waals surface area contributed by atoms with E-state index in [9.17, 15) is 0 Å². The standard InChI is InChI=1S/C7H12N4O2/c1-7(3-9-4-7)12-2-5-10-6(8)11-13-5/h9H,2-4H2,1H3,(H2,8,11). The highest BCUT2D eigenvalue weighted by atomic mass is 16.5. The Morgan fingerprint density at radius 1 is 1.69 bits per heavy atom. The zero-order valence-corrected chi connectivity index (χ0v) is 7.41. The van der Waals surface area contributed by atoms with Gasteiger partial charge in [0.15, 0.2) is 0 Å². The first-order valence-electron chi connectivity index (χ1n) is 4.11. The largest absolute Gasteiger partial charge is 0.365 e. The van der Waals surface area contributed by atoms with Gasteiger partial charge in [-0.1, -0.05) is 0 Å². The third-order valence-electron chi connectivity index (χ3n) is 2.03.